The molecule has 1 heterocycles. The predicted molar refractivity (Wildman–Crippen MR) is 57.2 cm³/mol. The third kappa shape index (κ3) is 3.53. The number of H-pyrrole nitrogens is 1. The number of rotatable bonds is 3. The van der Waals surface area contributed by atoms with Gasteiger partial charge in [-0.25, -0.2) is 4.79 Å². The normalized spacial score (nSPS) is 11.7. The third-order valence-electron chi connectivity index (χ3n) is 1.93. The van der Waals surface area contributed by atoms with Gasteiger partial charge in [-0.1, -0.05) is 11.6 Å². The van der Waals surface area contributed by atoms with E-state index in [1.807, 2.05) is 0 Å². The van der Waals surface area contributed by atoms with Crippen LogP contribution in [0.15, 0.2) is 15.8 Å². The van der Waals surface area contributed by atoms with Gasteiger partial charge in [0.25, 0.3) is 5.56 Å². The Hall–Kier alpha value is -1.07. The highest BCUT2D eigenvalue weighted by molar-refractivity contribution is 6.30. The van der Waals surface area contributed by atoms with E-state index in [-0.39, 0.29) is 5.02 Å². The summed E-state index contributed by atoms with van der Waals surface area (Å²) in [5, 5.41) is 9.44. The van der Waals surface area contributed by atoms with Crippen molar-refractivity contribution in [2.24, 2.45) is 0 Å². The zero-order valence-corrected chi connectivity index (χ0v) is 9.34. The number of aryl methyl sites for hydroxylation is 1. The summed E-state index contributed by atoms with van der Waals surface area (Å²) in [5.41, 5.74) is -1.97. The fraction of sp³-hybridized carbons (Fsp3) is 0.556. The molecule has 0 saturated heterocycles. The second kappa shape index (κ2) is 4.20. The smallest absolute Gasteiger partial charge is 0.328 e. The van der Waals surface area contributed by atoms with E-state index in [0.717, 1.165) is 0 Å². The summed E-state index contributed by atoms with van der Waals surface area (Å²) < 4.78 is 1.27. The van der Waals surface area contributed by atoms with Gasteiger partial charge in [-0.05, 0) is 20.3 Å². The molecule has 6 heteroatoms. The molecule has 0 saturated carbocycles. The SMILES string of the molecule is CC(C)(O)CCn1cc(Cl)c(=O)[nH]c1=O. The van der Waals surface area contributed by atoms with E-state index < -0.39 is 16.9 Å². The largest absolute Gasteiger partial charge is 0.390 e. The molecule has 84 valence electrons. The van der Waals surface area contributed by atoms with Crippen molar-refractivity contribution in [1.29, 1.82) is 0 Å². The van der Waals surface area contributed by atoms with Crippen molar-refractivity contribution in [3.63, 3.8) is 0 Å². The highest BCUT2D eigenvalue weighted by Gasteiger charge is 2.13. The molecule has 0 aromatic carbocycles. The van der Waals surface area contributed by atoms with Gasteiger partial charge >= 0.3 is 5.69 Å². The first kappa shape index (κ1) is 12.0. The maximum Gasteiger partial charge on any atom is 0.328 e. The average Bonchev–Trinajstić information content (AvgIpc) is 2.07. The first-order valence-corrected chi connectivity index (χ1v) is 4.89. The summed E-state index contributed by atoms with van der Waals surface area (Å²) in [6, 6.07) is 0. The van der Waals surface area contributed by atoms with Gasteiger partial charge in [0.1, 0.15) is 5.02 Å². The lowest BCUT2D eigenvalue weighted by molar-refractivity contribution is 0.0658. The van der Waals surface area contributed by atoms with E-state index in [9.17, 15) is 14.7 Å². The molecule has 0 aliphatic rings. The van der Waals surface area contributed by atoms with Crippen LogP contribution in [-0.4, -0.2) is 20.3 Å². The van der Waals surface area contributed by atoms with Crippen LogP contribution >= 0.6 is 11.6 Å². The Balaban J connectivity index is 2.92. The first-order valence-electron chi connectivity index (χ1n) is 4.51. The molecule has 2 N–H and O–H groups in total. The fourth-order valence-corrected chi connectivity index (χ4v) is 1.21. The van der Waals surface area contributed by atoms with Crippen molar-refractivity contribution in [1.82, 2.24) is 9.55 Å². The van der Waals surface area contributed by atoms with Crippen molar-refractivity contribution < 1.29 is 5.11 Å². The van der Waals surface area contributed by atoms with Crippen LogP contribution in [0.3, 0.4) is 0 Å². The van der Waals surface area contributed by atoms with Crippen molar-refractivity contribution in [3.8, 4) is 0 Å². The van der Waals surface area contributed by atoms with Gasteiger partial charge in [0, 0.05) is 12.7 Å². The number of aromatic amines is 1. The van der Waals surface area contributed by atoms with Crippen LogP contribution in [0.4, 0.5) is 0 Å². The molecule has 0 fully saturated rings. The number of hydrogen-bond acceptors (Lipinski definition) is 3. The van der Waals surface area contributed by atoms with Crippen LogP contribution in [0.5, 0.6) is 0 Å². The van der Waals surface area contributed by atoms with E-state index in [2.05, 4.69) is 4.98 Å². The van der Waals surface area contributed by atoms with Gasteiger partial charge in [-0.15, -0.1) is 0 Å². The molecule has 1 rings (SSSR count). The van der Waals surface area contributed by atoms with Gasteiger partial charge in [0.05, 0.1) is 5.60 Å². The molecule has 1 aromatic rings. The van der Waals surface area contributed by atoms with Crippen LogP contribution in [0.1, 0.15) is 20.3 Å². The van der Waals surface area contributed by atoms with Gasteiger partial charge in [0.2, 0.25) is 0 Å². The minimum absolute atomic E-state index is 0.0367. The van der Waals surface area contributed by atoms with Crippen LogP contribution in [-0.2, 0) is 6.54 Å². The van der Waals surface area contributed by atoms with Gasteiger partial charge in [-0.3, -0.25) is 14.3 Å². The predicted octanol–water partition coefficient (Wildman–Crippen LogP) is 0.351. The van der Waals surface area contributed by atoms with E-state index in [1.165, 1.54) is 10.8 Å². The van der Waals surface area contributed by atoms with Crippen LogP contribution in [0.25, 0.3) is 0 Å². The third-order valence-corrected chi connectivity index (χ3v) is 2.20. The Morgan fingerprint density at radius 3 is 2.67 bits per heavy atom. The standard InChI is InChI=1S/C9H13ClN2O3/c1-9(2,15)3-4-12-5-6(10)7(13)11-8(12)14/h5,15H,3-4H2,1-2H3,(H,11,13,14). The summed E-state index contributed by atoms with van der Waals surface area (Å²) in [6.07, 6.45) is 1.67. The number of aromatic nitrogens is 2. The number of aliphatic hydroxyl groups is 1. The monoisotopic (exact) mass is 232 g/mol. The number of halogens is 1. The zero-order chi connectivity index (χ0) is 11.6. The zero-order valence-electron chi connectivity index (χ0n) is 8.58. The van der Waals surface area contributed by atoms with Crippen LogP contribution < -0.4 is 11.2 Å². The molecule has 0 bridgehead atoms. The van der Waals surface area contributed by atoms with Crippen molar-refractivity contribution in [3.05, 3.63) is 32.1 Å². The maximum absolute atomic E-state index is 11.3. The fourth-order valence-electron chi connectivity index (χ4n) is 1.04. The molecular formula is C9H13ClN2O3. The summed E-state index contributed by atoms with van der Waals surface area (Å²) >= 11 is 5.57. The minimum atomic E-state index is -0.859. The second-order valence-electron chi connectivity index (χ2n) is 3.99. The van der Waals surface area contributed by atoms with Gasteiger partial charge in [-0.2, -0.15) is 0 Å². The molecule has 15 heavy (non-hydrogen) atoms. The molecule has 0 spiro atoms. The molecule has 0 amide bonds. The van der Waals surface area contributed by atoms with E-state index in [1.54, 1.807) is 13.8 Å². The van der Waals surface area contributed by atoms with Crippen molar-refractivity contribution in [2.45, 2.75) is 32.4 Å². The Morgan fingerprint density at radius 2 is 2.13 bits per heavy atom. The van der Waals surface area contributed by atoms with Gasteiger partial charge < -0.3 is 5.11 Å². The Labute approximate surface area is 91.3 Å². The highest BCUT2D eigenvalue weighted by atomic mass is 35.5. The maximum atomic E-state index is 11.3. The minimum Gasteiger partial charge on any atom is -0.390 e. The Kier molecular flexibility index (Phi) is 3.36. The van der Waals surface area contributed by atoms with Crippen molar-refractivity contribution in [2.75, 3.05) is 0 Å². The van der Waals surface area contributed by atoms with E-state index in [0.29, 0.717) is 13.0 Å². The number of nitrogens with one attached hydrogen (secondary N) is 1. The molecule has 0 atom stereocenters. The molecule has 0 aliphatic heterocycles. The summed E-state index contributed by atoms with van der Waals surface area (Å²) in [5.74, 6) is 0. The van der Waals surface area contributed by atoms with Crippen molar-refractivity contribution >= 4 is 11.6 Å². The highest BCUT2D eigenvalue weighted by Crippen LogP contribution is 2.08. The molecule has 1 aromatic heterocycles. The average molecular weight is 233 g/mol. The van der Waals surface area contributed by atoms with E-state index >= 15 is 0 Å². The lowest BCUT2D eigenvalue weighted by atomic mass is 10.1. The van der Waals surface area contributed by atoms with Crippen LogP contribution in [0, 0.1) is 0 Å². The molecule has 5 nitrogen and oxygen atoms in total. The van der Waals surface area contributed by atoms with Gasteiger partial charge in [0.15, 0.2) is 0 Å². The summed E-state index contributed by atoms with van der Waals surface area (Å²) in [4.78, 5) is 24.3. The summed E-state index contributed by atoms with van der Waals surface area (Å²) in [6.45, 7) is 3.59. The Morgan fingerprint density at radius 1 is 1.53 bits per heavy atom. The lowest BCUT2D eigenvalue weighted by Gasteiger charge is -2.17. The number of hydrogen-bond donors (Lipinski definition) is 2. The topological polar surface area (TPSA) is 75.1 Å². The summed E-state index contributed by atoms with van der Waals surface area (Å²) in [7, 11) is 0. The van der Waals surface area contributed by atoms with E-state index in [4.69, 9.17) is 11.6 Å². The quantitative estimate of drug-likeness (QED) is 0.790. The molecular weight excluding hydrogens is 220 g/mol. The molecule has 0 unspecified atom stereocenters. The lowest BCUT2D eigenvalue weighted by Crippen LogP contribution is -2.32. The first-order chi connectivity index (χ1) is 6.79. The number of nitrogens with zero attached hydrogens (tertiary/aromatic N) is 1. The second-order valence-corrected chi connectivity index (χ2v) is 4.40. The molecule has 0 radical (unpaired) electrons. The molecule has 0 aliphatic carbocycles. The van der Waals surface area contributed by atoms with Crippen LogP contribution in [0.2, 0.25) is 5.02 Å². The Bertz CT molecular complexity index is 456.